The SMILES string of the molecule is CC1=C(C)[C@@]2(C)[C@@]3(C)O[C@]3(C)[C@]2(C)C1=O. The van der Waals surface area contributed by atoms with Crippen LogP contribution in [0.2, 0.25) is 0 Å². The molecule has 2 aliphatic carbocycles. The van der Waals surface area contributed by atoms with E-state index in [0.29, 0.717) is 5.78 Å². The number of hydrogen-bond acceptors (Lipinski definition) is 2. The minimum Gasteiger partial charge on any atom is -0.361 e. The third-order valence-corrected chi connectivity index (χ3v) is 6.29. The quantitative estimate of drug-likeness (QED) is 0.570. The molecule has 2 heteroatoms. The van der Waals surface area contributed by atoms with Crippen LogP contribution in [0.3, 0.4) is 0 Å². The number of ketones is 1. The van der Waals surface area contributed by atoms with E-state index in [1.54, 1.807) is 0 Å². The Morgan fingerprint density at radius 2 is 1.40 bits per heavy atom. The topological polar surface area (TPSA) is 29.6 Å². The van der Waals surface area contributed by atoms with E-state index in [4.69, 9.17) is 4.74 Å². The van der Waals surface area contributed by atoms with Gasteiger partial charge in [-0.25, -0.2) is 0 Å². The van der Waals surface area contributed by atoms with Crippen molar-refractivity contribution in [3.8, 4) is 0 Å². The Balaban J connectivity index is 2.29. The van der Waals surface area contributed by atoms with E-state index in [0.717, 1.165) is 5.57 Å². The Morgan fingerprint density at radius 3 is 1.87 bits per heavy atom. The Hall–Kier alpha value is -0.630. The molecule has 2 fully saturated rings. The normalized spacial score (nSPS) is 61.3. The second-order valence-corrected chi connectivity index (χ2v) is 6.00. The fourth-order valence-electron chi connectivity index (χ4n) is 4.53. The maximum atomic E-state index is 12.4. The van der Waals surface area contributed by atoms with Crippen LogP contribution in [0.4, 0.5) is 0 Å². The van der Waals surface area contributed by atoms with Crippen LogP contribution in [0.5, 0.6) is 0 Å². The average Bonchev–Trinajstić information content (AvgIpc) is 2.71. The fraction of sp³-hybridized carbons (Fsp3) is 0.769. The molecule has 0 N–H and O–H groups in total. The van der Waals surface area contributed by atoms with Gasteiger partial charge >= 0.3 is 0 Å². The number of carbonyl (C=O) groups is 1. The van der Waals surface area contributed by atoms with Gasteiger partial charge in [0.1, 0.15) is 11.2 Å². The smallest absolute Gasteiger partial charge is 0.168 e. The Morgan fingerprint density at radius 1 is 0.933 bits per heavy atom. The van der Waals surface area contributed by atoms with E-state index in [2.05, 4.69) is 34.6 Å². The van der Waals surface area contributed by atoms with Gasteiger partial charge in [0.15, 0.2) is 5.78 Å². The summed E-state index contributed by atoms with van der Waals surface area (Å²) in [4.78, 5) is 12.4. The molecule has 0 bridgehead atoms. The molecular formula is C13H18O2. The summed E-state index contributed by atoms with van der Waals surface area (Å²) in [6.45, 7) is 12.5. The first kappa shape index (κ1) is 9.59. The number of allylic oxidation sites excluding steroid dienone is 1. The van der Waals surface area contributed by atoms with Gasteiger partial charge in [0.25, 0.3) is 0 Å². The van der Waals surface area contributed by atoms with Gasteiger partial charge in [0.2, 0.25) is 0 Å². The van der Waals surface area contributed by atoms with Crippen molar-refractivity contribution in [1.29, 1.82) is 0 Å². The zero-order valence-electron chi connectivity index (χ0n) is 10.3. The molecule has 3 aliphatic rings. The van der Waals surface area contributed by atoms with Crippen LogP contribution < -0.4 is 0 Å². The van der Waals surface area contributed by atoms with Gasteiger partial charge in [-0.2, -0.15) is 0 Å². The Bertz CT molecular complexity index is 449. The van der Waals surface area contributed by atoms with Crippen molar-refractivity contribution >= 4 is 5.78 Å². The van der Waals surface area contributed by atoms with Crippen molar-refractivity contribution in [3.05, 3.63) is 11.1 Å². The molecular weight excluding hydrogens is 188 g/mol. The van der Waals surface area contributed by atoms with Crippen molar-refractivity contribution in [2.75, 3.05) is 0 Å². The fourth-order valence-corrected chi connectivity index (χ4v) is 4.53. The minimum atomic E-state index is -0.330. The molecule has 15 heavy (non-hydrogen) atoms. The number of Topliss-reactive ketones (excluding diaryl/α,β-unsaturated/α-hetero) is 1. The summed E-state index contributed by atoms with van der Waals surface area (Å²) in [5, 5.41) is 0. The number of rotatable bonds is 0. The highest BCUT2D eigenvalue weighted by molar-refractivity contribution is 6.08. The zero-order valence-corrected chi connectivity index (χ0v) is 10.3. The number of ether oxygens (including phenoxy) is 1. The molecule has 1 heterocycles. The molecule has 1 saturated carbocycles. The van der Waals surface area contributed by atoms with Crippen LogP contribution in [0.15, 0.2) is 11.1 Å². The lowest BCUT2D eigenvalue weighted by Crippen LogP contribution is -2.68. The summed E-state index contributed by atoms with van der Waals surface area (Å²) in [6, 6.07) is 0. The molecule has 2 nitrogen and oxygen atoms in total. The third kappa shape index (κ3) is 0.490. The lowest BCUT2D eigenvalue weighted by atomic mass is 9.40. The second kappa shape index (κ2) is 1.84. The summed E-state index contributed by atoms with van der Waals surface area (Å²) in [7, 11) is 0. The van der Waals surface area contributed by atoms with Gasteiger partial charge in [-0.3, -0.25) is 4.79 Å². The number of carbonyl (C=O) groups excluding carboxylic acids is 1. The van der Waals surface area contributed by atoms with E-state index in [-0.39, 0.29) is 22.0 Å². The van der Waals surface area contributed by atoms with Gasteiger partial charge in [0, 0.05) is 5.41 Å². The maximum Gasteiger partial charge on any atom is 0.168 e. The molecule has 3 rings (SSSR count). The van der Waals surface area contributed by atoms with Crippen molar-refractivity contribution in [2.45, 2.75) is 52.7 Å². The van der Waals surface area contributed by atoms with E-state index < -0.39 is 0 Å². The highest BCUT2D eigenvalue weighted by Gasteiger charge is 2.96. The van der Waals surface area contributed by atoms with E-state index in [1.165, 1.54) is 5.57 Å². The van der Waals surface area contributed by atoms with Crippen molar-refractivity contribution in [1.82, 2.24) is 0 Å². The maximum absolute atomic E-state index is 12.4. The summed E-state index contributed by atoms with van der Waals surface area (Å²) in [6.07, 6.45) is 0. The summed E-state index contributed by atoms with van der Waals surface area (Å²) < 4.78 is 5.91. The third-order valence-electron chi connectivity index (χ3n) is 6.29. The summed E-state index contributed by atoms with van der Waals surface area (Å²) in [5.41, 5.74) is 1.42. The van der Waals surface area contributed by atoms with Crippen LogP contribution in [-0.2, 0) is 9.53 Å². The van der Waals surface area contributed by atoms with Gasteiger partial charge in [-0.05, 0) is 40.2 Å². The first-order valence-electron chi connectivity index (χ1n) is 5.61. The summed E-state index contributed by atoms with van der Waals surface area (Å²) in [5.74, 6) is 0.292. The number of epoxide rings is 1. The first-order chi connectivity index (χ1) is 6.68. The molecule has 1 aliphatic heterocycles. The highest BCUT2D eigenvalue weighted by atomic mass is 16.6. The van der Waals surface area contributed by atoms with Crippen LogP contribution in [0.25, 0.3) is 0 Å². The average molecular weight is 206 g/mol. The second-order valence-electron chi connectivity index (χ2n) is 6.00. The van der Waals surface area contributed by atoms with Crippen LogP contribution in [0.1, 0.15) is 41.5 Å². The lowest BCUT2D eigenvalue weighted by molar-refractivity contribution is -0.140. The molecule has 4 atom stereocenters. The number of hydrogen-bond donors (Lipinski definition) is 0. The molecule has 0 spiro atoms. The van der Waals surface area contributed by atoms with E-state index in [9.17, 15) is 4.79 Å². The standard InChI is InChI=1S/C13H18O2/c1-7-8(2)10(3)11(4,9(7)14)13(6)12(10,5)15-13/h1-6H3/t10-,11-,12-,13-/m1/s1. The Labute approximate surface area is 90.7 Å². The summed E-state index contributed by atoms with van der Waals surface area (Å²) >= 11 is 0. The van der Waals surface area contributed by atoms with E-state index >= 15 is 0 Å². The molecule has 0 unspecified atom stereocenters. The van der Waals surface area contributed by atoms with Gasteiger partial charge in [-0.1, -0.05) is 12.5 Å². The van der Waals surface area contributed by atoms with Gasteiger partial charge < -0.3 is 4.74 Å². The largest absolute Gasteiger partial charge is 0.361 e. The predicted octanol–water partition coefficient (Wildman–Crippen LogP) is 2.48. The lowest BCUT2D eigenvalue weighted by Gasteiger charge is -2.56. The first-order valence-corrected chi connectivity index (χ1v) is 5.61. The van der Waals surface area contributed by atoms with Crippen LogP contribution in [-0.4, -0.2) is 17.0 Å². The Kier molecular flexibility index (Phi) is 1.17. The predicted molar refractivity (Wildman–Crippen MR) is 57.5 cm³/mol. The molecule has 0 aromatic rings. The molecule has 0 amide bonds. The zero-order chi connectivity index (χ0) is 11.4. The van der Waals surface area contributed by atoms with Crippen molar-refractivity contribution in [2.24, 2.45) is 10.8 Å². The van der Waals surface area contributed by atoms with Crippen LogP contribution in [0, 0.1) is 10.8 Å². The van der Waals surface area contributed by atoms with Crippen LogP contribution >= 0.6 is 0 Å². The van der Waals surface area contributed by atoms with Gasteiger partial charge in [-0.15, -0.1) is 0 Å². The molecule has 1 saturated heterocycles. The molecule has 82 valence electrons. The monoisotopic (exact) mass is 206 g/mol. The van der Waals surface area contributed by atoms with Crippen molar-refractivity contribution in [3.63, 3.8) is 0 Å². The highest BCUT2D eigenvalue weighted by Crippen LogP contribution is 2.86. The number of fused-ring (bicyclic) bond motifs is 4. The molecule has 0 radical (unpaired) electrons. The van der Waals surface area contributed by atoms with Gasteiger partial charge in [0.05, 0.1) is 5.41 Å². The minimum absolute atomic E-state index is 0.0874. The molecule has 0 aromatic heterocycles. The molecule has 0 aromatic carbocycles. The van der Waals surface area contributed by atoms with Crippen molar-refractivity contribution < 1.29 is 9.53 Å². The van der Waals surface area contributed by atoms with E-state index in [1.807, 2.05) is 6.92 Å².